The van der Waals surface area contributed by atoms with Gasteiger partial charge >= 0.3 is 0 Å². The van der Waals surface area contributed by atoms with Gasteiger partial charge in [-0.2, -0.15) is 0 Å². The highest BCUT2D eigenvalue weighted by Gasteiger charge is 2.24. The number of carbonyl (C=O) groups excluding carboxylic acids is 1. The number of rotatable bonds is 2. The van der Waals surface area contributed by atoms with Gasteiger partial charge < -0.3 is 10.1 Å². The molecule has 1 aliphatic rings. The molecule has 0 aliphatic carbocycles. The van der Waals surface area contributed by atoms with Crippen LogP contribution in [0.4, 0.5) is 0 Å². The van der Waals surface area contributed by atoms with Crippen LogP contribution in [0.5, 0.6) is 5.75 Å². The van der Waals surface area contributed by atoms with Crippen LogP contribution in [0.25, 0.3) is 0 Å². The Hall–Kier alpha value is -1.51. The summed E-state index contributed by atoms with van der Waals surface area (Å²) < 4.78 is 5.67. The highest BCUT2D eigenvalue weighted by Crippen LogP contribution is 2.37. The van der Waals surface area contributed by atoms with E-state index >= 15 is 0 Å². The molecule has 16 heavy (non-hydrogen) atoms. The number of carbonyl (C=O) groups is 1. The van der Waals surface area contributed by atoms with E-state index in [2.05, 4.69) is 11.4 Å². The maximum atomic E-state index is 11.4. The molecule has 2 rings (SSSR count). The van der Waals surface area contributed by atoms with Crippen LogP contribution in [0.2, 0.25) is 0 Å². The first kappa shape index (κ1) is 11.0. The predicted molar refractivity (Wildman–Crippen MR) is 62.7 cm³/mol. The van der Waals surface area contributed by atoms with E-state index < -0.39 is 0 Å². The maximum Gasteiger partial charge on any atom is 0.220 e. The number of para-hydroxylation sites is 1. The zero-order chi connectivity index (χ0) is 11.5. The van der Waals surface area contributed by atoms with Crippen LogP contribution in [0.1, 0.15) is 29.9 Å². The third-order valence-corrected chi connectivity index (χ3v) is 3.11. The van der Waals surface area contributed by atoms with Crippen molar-refractivity contribution in [2.45, 2.75) is 25.7 Å². The van der Waals surface area contributed by atoms with Gasteiger partial charge in [0.2, 0.25) is 5.91 Å². The number of aryl methyl sites for hydroxylation is 1. The van der Waals surface area contributed by atoms with Crippen molar-refractivity contribution in [3.8, 4) is 5.75 Å². The van der Waals surface area contributed by atoms with E-state index in [-0.39, 0.29) is 5.91 Å². The summed E-state index contributed by atoms with van der Waals surface area (Å²) >= 11 is 0. The minimum atomic E-state index is 0.0966. The maximum absolute atomic E-state index is 11.4. The largest absolute Gasteiger partial charge is 0.493 e. The Balaban J connectivity index is 2.26. The zero-order valence-corrected chi connectivity index (χ0v) is 9.75. The standard InChI is InChI=1S/C13H17NO2/c1-9-4-3-5-11-10(8-12(15)14-2)6-7-16-13(9)11/h3-5,10H,6-8H2,1-2H3,(H,14,15). The van der Waals surface area contributed by atoms with Crippen LogP contribution in [0, 0.1) is 6.92 Å². The second-order valence-corrected chi connectivity index (χ2v) is 4.20. The highest BCUT2D eigenvalue weighted by atomic mass is 16.5. The molecular weight excluding hydrogens is 202 g/mol. The van der Waals surface area contributed by atoms with Gasteiger partial charge in [0, 0.05) is 13.5 Å². The fourth-order valence-corrected chi connectivity index (χ4v) is 2.19. The van der Waals surface area contributed by atoms with Gasteiger partial charge in [-0.05, 0) is 30.4 Å². The first-order chi connectivity index (χ1) is 7.72. The molecule has 86 valence electrons. The van der Waals surface area contributed by atoms with Gasteiger partial charge in [-0.3, -0.25) is 4.79 Å². The summed E-state index contributed by atoms with van der Waals surface area (Å²) in [7, 11) is 1.68. The summed E-state index contributed by atoms with van der Waals surface area (Å²) in [4.78, 5) is 11.4. The second-order valence-electron chi connectivity index (χ2n) is 4.20. The van der Waals surface area contributed by atoms with Crippen LogP contribution in [-0.2, 0) is 4.79 Å². The quantitative estimate of drug-likeness (QED) is 0.826. The third kappa shape index (κ3) is 2.03. The number of hydrogen-bond acceptors (Lipinski definition) is 2. The summed E-state index contributed by atoms with van der Waals surface area (Å²) in [5, 5.41) is 2.68. The first-order valence-corrected chi connectivity index (χ1v) is 5.65. The summed E-state index contributed by atoms with van der Waals surface area (Å²) in [6.45, 7) is 2.75. The van der Waals surface area contributed by atoms with Gasteiger partial charge in [0.05, 0.1) is 6.61 Å². The molecule has 0 saturated carbocycles. The molecule has 1 N–H and O–H groups in total. The monoisotopic (exact) mass is 219 g/mol. The minimum absolute atomic E-state index is 0.0966. The van der Waals surface area contributed by atoms with E-state index in [1.54, 1.807) is 7.05 Å². The first-order valence-electron chi connectivity index (χ1n) is 5.65. The lowest BCUT2D eigenvalue weighted by Gasteiger charge is -2.26. The van der Waals surface area contributed by atoms with Crippen molar-refractivity contribution in [3.63, 3.8) is 0 Å². The van der Waals surface area contributed by atoms with Crippen molar-refractivity contribution in [1.29, 1.82) is 0 Å². The highest BCUT2D eigenvalue weighted by molar-refractivity contribution is 5.76. The molecule has 0 spiro atoms. The molecule has 1 heterocycles. The smallest absolute Gasteiger partial charge is 0.220 e. The Morgan fingerprint density at radius 1 is 1.56 bits per heavy atom. The third-order valence-electron chi connectivity index (χ3n) is 3.11. The van der Waals surface area contributed by atoms with Crippen molar-refractivity contribution >= 4 is 5.91 Å². The average molecular weight is 219 g/mol. The SMILES string of the molecule is CNC(=O)CC1CCOc2c(C)cccc21. The van der Waals surface area contributed by atoms with Crippen molar-refractivity contribution in [1.82, 2.24) is 5.32 Å². The Bertz CT molecular complexity index is 401. The Labute approximate surface area is 95.8 Å². The van der Waals surface area contributed by atoms with Crippen molar-refractivity contribution in [3.05, 3.63) is 29.3 Å². The van der Waals surface area contributed by atoms with Crippen LogP contribution in [0.15, 0.2) is 18.2 Å². The fraction of sp³-hybridized carbons (Fsp3) is 0.462. The van der Waals surface area contributed by atoms with Crippen LogP contribution < -0.4 is 10.1 Å². The molecule has 3 nitrogen and oxygen atoms in total. The molecule has 0 saturated heterocycles. The molecule has 0 bridgehead atoms. The van der Waals surface area contributed by atoms with E-state index in [1.807, 2.05) is 19.1 Å². The van der Waals surface area contributed by atoms with Gasteiger partial charge in [0.15, 0.2) is 0 Å². The van der Waals surface area contributed by atoms with Gasteiger partial charge in [0.1, 0.15) is 5.75 Å². The van der Waals surface area contributed by atoms with Crippen molar-refractivity contribution < 1.29 is 9.53 Å². The Kier molecular flexibility index (Phi) is 3.13. The molecule has 1 aromatic rings. The Morgan fingerprint density at radius 2 is 2.38 bits per heavy atom. The molecule has 0 fully saturated rings. The summed E-state index contributed by atoms with van der Waals surface area (Å²) in [5.74, 6) is 1.37. The number of fused-ring (bicyclic) bond motifs is 1. The van der Waals surface area contributed by atoms with E-state index in [0.29, 0.717) is 18.9 Å². The fourth-order valence-electron chi connectivity index (χ4n) is 2.19. The normalized spacial score (nSPS) is 18.5. The molecule has 0 radical (unpaired) electrons. The van der Waals surface area contributed by atoms with Crippen LogP contribution in [0.3, 0.4) is 0 Å². The van der Waals surface area contributed by atoms with Gasteiger partial charge in [-0.15, -0.1) is 0 Å². The lowest BCUT2D eigenvalue weighted by Crippen LogP contribution is -2.24. The minimum Gasteiger partial charge on any atom is -0.493 e. The molecule has 1 aliphatic heterocycles. The van der Waals surface area contributed by atoms with E-state index in [1.165, 1.54) is 5.56 Å². The molecular formula is C13H17NO2. The molecule has 0 aromatic heterocycles. The Morgan fingerprint density at radius 3 is 3.12 bits per heavy atom. The number of hydrogen-bond donors (Lipinski definition) is 1. The number of ether oxygens (including phenoxy) is 1. The van der Waals surface area contributed by atoms with E-state index in [4.69, 9.17) is 4.74 Å². The van der Waals surface area contributed by atoms with Crippen molar-refractivity contribution in [2.24, 2.45) is 0 Å². The zero-order valence-electron chi connectivity index (χ0n) is 9.75. The van der Waals surface area contributed by atoms with Gasteiger partial charge in [0.25, 0.3) is 0 Å². The lowest BCUT2D eigenvalue weighted by atomic mass is 9.89. The van der Waals surface area contributed by atoms with Gasteiger partial charge in [-0.1, -0.05) is 18.2 Å². The molecule has 1 unspecified atom stereocenters. The molecule has 1 atom stereocenters. The summed E-state index contributed by atoms with van der Waals surface area (Å²) in [6, 6.07) is 6.13. The molecule has 1 amide bonds. The second kappa shape index (κ2) is 4.56. The molecule has 3 heteroatoms. The van der Waals surface area contributed by atoms with Gasteiger partial charge in [-0.25, -0.2) is 0 Å². The van der Waals surface area contributed by atoms with E-state index in [0.717, 1.165) is 17.7 Å². The number of nitrogens with one attached hydrogen (secondary N) is 1. The summed E-state index contributed by atoms with van der Waals surface area (Å²) in [6.07, 6.45) is 1.47. The molecule has 1 aromatic carbocycles. The van der Waals surface area contributed by atoms with Crippen LogP contribution in [-0.4, -0.2) is 19.6 Å². The topological polar surface area (TPSA) is 38.3 Å². The predicted octanol–water partition coefficient (Wildman–Crippen LogP) is 2.00. The average Bonchev–Trinajstić information content (AvgIpc) is 2.30. The summed E-state index contributed by atoms with van der Waals surface area (Å²) in [5.41, 5.74) is 2.33. The van der Waals surface area contributed by atoms with Crippen LogP contribution >= 0.6 is 0 Å². The number of benzene rings is 1. The van der Waals surface area contributed by atoms with E-state index in [9.17, 15) is 4.79 Å². The van der Waals surface area contributed by atoms with Crippen molar-refractivity contribution in [2.75, 3.05) is 13.7 Å². The lowest BCUT2D eigenvalue weighted by molar-refractivity contribution is -0.121. The number of amides is 1.